The molecule has 0 saturated carbocycles. The van der Waals surface area contributed by atoms with Gasteiger partial charge in [-0.05, 0) is 12.8 Å². The van der Waals surface area contributed by atoms with E-state index in [0.29, 0.717) is 19.4 Å². The van der Waals surface area contributed by atoms with E-state index in [-0.39, 0.29) is 11.7 Å². The van der Waals surface area contributed by atoms with Crippen LogP contribution in [0.15, 0.2) is 6.33 Å². The minimum Gasteiger partial charge on any atom is -0.480 e. The number of hydrogen-bond donors (Lipinski definition) is 1. The van der Waals surface area contributed by atoms with Crippen LogP contribution < -0.4 is 9.64 Å². The molecule has 19 heavy (non-hydrogen) atoms. The smallest absolute Gasteiger partial charge is 0.372 e. The number of carboxylic acids is 1. The van der Waals surface area contributed by atoms with Crippen LogP contribution in [0.25, 0.3) is 0 Å². The number of nitrogens with zero attached hydrogens (tertiary/aromatic N) is 4. The van der Waals surface area contributed by atoms with Gasteiger partial charge in [0.2, 0.25) is 5.82 Å². The number of carbonyl (C=O) groups is 1. The molecule has 1 N–H and O–H groups in total. The van der Waals surface area contributed by atoms with Crippen LogP contribution in [0.1, 0.15) is 12.8 Å². The van der Waals surface area contributed by atoms with Crippen LogP contribution in [0.4, 0.5) is 11.5 Å². The lowest BCUT2D eigenvalue weighted by molar-refractivity contribution is -0.385. The summed E-state index contributed by atoms with van der Waals surface area (Å²) in [4.78, 5) is 30.5. The molecule has 9 heteroatoms. The summed E-state index contributed by atoms with van der Waals surface area (Å²) in [6.45, 7) is 0.401. The Kier molecular flexibility index (Phi) is 3.45. The highest BCUT2D eigenvalue weighted by Gasteiger charge is 2.37. The van der Waals surface area contributed by atoms with Crippen molar-refractivity contribution in [2.24, 2.45) is 0 Å². The van der Waals surface area contributed by atoms with Crippen molar-refractivity contribution in [2.45, 2.75) is 18.9 Å². The van der Waals surface area contributed by atoms with Gasteiger partial charge in [0.25, 0.3) is 5.88 Å². The summed E-state index contributed by atoms with van der Waals surface area (Å²) in [6, 6.07) is -0.807. The van der Waals surface area contributed by atoms with Crippen LogP contribution in [0.5, 0.6) is 5.88 Å². The molecule has 102 valence electrons. The van der Waals surface area contributed by atoms with Crippen LogP contribution in [0.2, 0.25) is 0 Å². The first-order valence-electron chi connectivity index (χ1n) is 5.59. The quantitative estimate of drug-likeness (QED) is 0.617. The molecule has 1 aliphatic rings. The van der Waals surface area contributed by atoms with Gasteiger partial charge in [0, 0.05) is 6.54 Å². The van der Waals surface area contributed by atoms with Crippen molar-refractivity contribution in [1.82, 2.24) is 9.97 Å². The summed E-state index contributed by atoms with van der Waals surface area (Å²) in [5.74, 6) is -1.21. The van der Waals surface area contributed by atoms with E-state index in [1.54, 1.807) is 0 Å². The third-order valence-corrected chi connectivity index (χ3v) is 2.96. The molecule has 0 bridgehead atoms. The predicted molar refractivity (Wildman–Crippen MR) is 63.2 cm³/mol. The van der Waals surface area contributed by atoms with Crippen LogP contribution in [0, 0.1) is 10.1 Å². The Labute approximate surface area is 108 Å². The van der Waals surface area contributed by atoms with E-state index >= 15 is 0 Å². The van der Waals surface area contributed by atoms with Crippen molar-refractivity contribution < 1.29 is 19.6 Å². The lowest BCUT2D eigenvalue weighted by atomic mass is 10.2. The summed E-state index contributed by atoms with van der Waals surface area (Å²) < 4.78 is 4.84. The van der Waals surface area contributed by atoms with Gasteiger partial charge in [-0.15, -0.1) is 0 Å². The first-order chi connectivity index (χ1) is 9.06. The highest BCUT2D eigenvalue weighted by Crippen LogP contribution is 2.36. The number of nitro groups is 1. The molecule has 1 fully saturated rings. The zero-order valence-electron chi connectivity index (χ0n) is 10.1. The van der Waals surface area contributed by atoms with Crippen LogP contribution in [0.3, 0.4) is 0 Å². The van der Waals surface area contributed by atoms with Gasteiger partial charge in [0.1, 0.15) is 12.4 Å². The maximum absolute atomic E-state index is 11.1. The molecule has 2 heterocycles. The molecule has 1 aromatic rings. The molecule has 2 rings (SSSR count). The first-order valence-corrected chi connectivity index (χ1v) is 5.59. The van der Waals surface area contributed by atoms with Gasteiger partial charge in [-0.2, -0.15) is 4.98 Å². The minimum atomic E-state index is -1.02. The zero-order chi connectivity index (χ0) is 14.0. The molecule has 1 aromatic heterocycles. The van der Waals surface area contributed by atoms with Crippen molar-refractivity contribution in [3.8, 4) is 5.88 Å². The summed E-state index contributed by atoms with van der Waals surface area (Å²) in [7, 11) is 1.26. The van der Waals surface area contributed by atoms with Crippen molar-refractivity contribution in [2.75, 3.05) is 18.6 Å². The Morgan fingerprint density at radius 1 is 1.63 bits per heavy atom. The number of methoxy groups -OCH3 is 1. The van der Waals surface area contributed by atoms with Crippen LogP contribution in [-0.4, -0.2) is 45.7 Å². The molecular weight excluding hydrogens is 256 g/mol. The van der Waals surface area contributed by atoms with Gasteiger partial charge < -0.3 is 14.7 Å². The molecule has 0 aliphatic carbocycles. The summed E-state index contributed by atoms with van der Waals surface area (Å²) >= 11 is 0. The summed E-state index contributed by atoms with van der Waals surface area (Å²) in [5.41, 5.74) is -0.404. The number of ether oxygens (including phenoxy) is 1. The zero-order valence-corrected chi connectivity index (χ0v) is 10.1. The van der Waals surface area contributed by atoms with Crippen molar-refractivity contribution in [3.63, 3.8) is 0 Å². The molecule has 9 nitrogen and oxygen atoms in total. The van der Waals surface area contributed by atoms with Crippen molar-refractivity contribution in [3.05, 3.63) is 16.4 Å². The topological polar surface area (TPSA) is 119 Å². The van der Waals surface area contributed by atoms with Gasteiger partial charge in [-0.3, -0.25) is 10.1 Å². The minimum absolute atomic E-state index is 0.0123. The Hall–Kier alpha value is -2.45. The Morgan fingerprint density at radius 2 is 2.37 bits per heavy atom. The molecule has 0 radical (unpaired) electrons. The average molecular weight is 268 g/mol. The molecule has 0 aromatic carbocycles. The van der Waals surface area contributed by atoms with Crippen LogP contribution in [-0.2, 0) is 4.79 Å². The number of hydrogen-bond acceptors (Lipinski definition) is 7. The Balaban J connectivity index is 2.50. The van der Waals surface area contributed by atoms with E-state index in [1.165, 1.54) is 12.0 Å². The molecule has 0 spiro atoms. The van der Waals surface area contributed by atoms with E-state index in [4.69, 9.17) is 9.84 Å². The normalized spacial score (nSPS) is 18.4. The van der Waals surface area contributed by atoms with Crippen molar-refractivity contribution in [1.29, 1.82) is 0 Å². The lowest BCUT2D eigenvalue weighted by Crippen LogP contribution is -2.36. The molecule has 1 saturated heterocycles. The SMILES string of the molecule is COc1ncnc(N2CCCC2C(=O)O)c1[N+](=O)[O-]. The monoisotopic (exact) mass is 268 g/mol. The van der Waals surface area contributed by atoms with E-state index < -0.39 is 22.6 Å². The lowest BCUT2D eigenvalue weighted by Gasteiger charge is -2.21. The molecular formula is C10H12N4O5. The van der Waals surface area contributed by atoms with Gasteiger partial charge in [-0.1, -0.05) is 0 Å². The third kappa shape index (κ3) is 2.26. The Bertz CT molecular complexity index is 521. The fraction of sp³-hybridized carbons (Fsp3) is 0.500. The average Bonchev–Trinajstić information content (AvgIpc) is 2.86. The number of carboxylic acid groups (broad SMARTS) is 1. The second kappa shape index (κ2) is 5.04. The van der Waals surface area contributed by atoms with Gasteiger partial charge in [0.15, 0.2) is 0 Å². The number of aliphatic carboxylic acids is 1. The predicted octanol–water partition coefficient (Wildman–Crippen LogP) is 0.447. The number of rotatable bonds is 4. The maximum atomic E-state index is 11.1. The van der Waals surface area contributed by atoms with E-state index in [0.717, 1.165) is 6.33 Å². The molecule has 1 unspecified atom stereocenters. The molecule has 1 aliphatic heterocycles. The highest BCUT2D eigenvalue weighted by molar-refractivity contribution is 5.80. The second-order valence-corrected chi connectivity index (χ2v) is 4.00. The summed E-state index contributed by atoms with van der Waals surface area (Å²) in [6.07, 6.45) is 2.19. The maximum Gasteiger partial charge on any atom is 0.372 e. The Morgan fingerprint density at radius 3 is 2.95 bits per heavy atom. The van der Waals surface area contributed by atoms with E-state index in [1.807, 2.05) is 0 Å². The third-order valence-electron chi connectivity index (χ3n) is 2.96. The van der Waals surface area contributed by atoms with Crippen molar-refractivity contribution >= 4 is 17.5 Å². The second-order valence-electron chi connectivity index (χ2n) is 4.00. The first kappa shape index (κ1) is 13.0. The number of anilines is 1. The van der Waals surface area contributed by atoms with Gasteiger partial charge in [-0.25, -0.2) is 9.78 Å². The fourth-order valence-electron chi connectivity index (χ4n) is 2.15. The molecule has 1 atom stereocenters. The van der Waals surface area contributed by atoms with Crippen LogP contribution >= 0.6 is 0 Å². The fourth-order valence-corrected chi connectivity index (χ4v) is 2.15. The van der Waals surface area contributed by atoms with Gasteiger partial charge in [0.05, 0.1) is 12.0 Å². The highest BCUT2D eigenvalue weighted by atomic mass is 16.6. The number of aromatic nitrogens is 2. The summed E-state index contributed by atoms with van der Waals surface area (Å²) in [5, 5.41) is 20.2. The van der Waals surface area contributed by atoms with E-state index in [9.17, 15) is 14.9 Å². The van der Waals surface area contributed by atoms with Gasteiger partial charge >= 0.3 is 11.7 Å². The largest absolute Gasteiger partial charge is 0.480 e. The standard InChI is InChI=1S/C10H12N4O5/c1-19-9-7(14(17)18)8(11-5-12-9)13-4-2-3-6(13)10(15)16/h5-6H,2-4H2,1H3,(H,15,16). The molecule has 0 amide bonds. The van der Waals surface area contributed by atoms with E-state index in [2.05, 4.69) is 9.97 Å².